The summed E-state index contributed by atoms with van der Waals surface area (Å²) in [6, 6.07) is 4.38. The number of phenolic OH excluding ortho intramolecular Hbond substituents is 1. The van der Waals surface area contributed by atoms with Crippen LogP contribution in [0.3, 0.4) is 0 Å². The molecule has 0 aromatic heterocycles. The van der Waals surface area contributed by atoms with E-state index in [2.05, 4.69) is 53.7 Å². The van der Waals surface area contributed by atoms with Crippen LogP contribution in [0, 0.1) is 16.7 Å². The van der Waals surface area contributed by atoms with Gasteiger partial charge in [-0.1, -0.05) is 53.7 Å². The van der Waals surface area contributed by atoms with Gasteiger partial charge in [-0.2, -0.15) is 0 Å². The lowest BCUT2D eigenvalue weighted by atomic mass is 9.56. The maximum Gasteiger partial charge on any atom is 0.313 e. The number of hydrogen-bond donors (Lipinski definition) is 1. The smallest absolute Gasteiger partial charge is 0.313 e. The van der Waals surface area contributed by atoms with Crippen molar-refractivity contribution in [1.29, 1.82) is 0 Å². The molecule has 2 bridgehead atoms. The molecule has 134 valence electrons. The number of ether oxygens (including phenoxy) is 1. The van der Waals surface area contributed by atoms with E-state index in [1.54, 1.807) is 0 Å². The Bertz CT molecular complexity index is 805. The van der Waals surface area contributed by atoms with Crippen LogP contribution in [0.4, 0.5) is 0 Å². The second kappa shape index (κ2) is 3.77. The van der Waals surface area contributed by atoms with E-state index < -0.39 is 0 Å². The fourth-order valence-electron chi connectivity index (χ4n) is 6.74. The van der Waals surface area contributed by atoms with Gasteiger partial charge in [0, 0.05) is 10.8 Å². The monoisotopic (exact) mass is 340 g/mol. The summed E-state index contributed by atoms with van der Waals surface area (Å²) in [5.74, 6) is 0.934. The third-order valence-corrected chi connectivity index (χ3v) is 7.67. The van der Waals surface area contributed by atoms with Crippen molar-refractivity contribution in [3.05, 3.63) is 28.8 Å². The third-order valence-electron chi connectivity index (χ3n) is 7.67. The van der Waals surface area contributed by atoms with E-state index >= 15 is 0 Å². The van der Waals surface area contributed by atoms with E-state index in [0.29, 0.717) is 18.3 Å². The van der Waals surface area contributed by atoms with Crippen LogP contribution in [0.1, 0.15) is 71.1 Å². The van der Waals surface area contributed by atoms with Crippen LogP contribution in [-0.2, 0) is 25.8 Å². The molecule has 3 heteroatoms. The van der Waals surface area contributed by atoms with E-state index in [1.807, 2.05) is 0 Å². The molecule has 3 nitrogen and oxygen atoms in total. The van der Waals surface area contributed by atoms with Crippen molar-refractivity contribution in [2.24, 2.45) is 16.7 Å². The molecule has 1 aromatic carbocycles. The Balaban J connectivity index is 1.71. The molecule has 0 radical (unpaired) electrons. The summed E-state index contributed by atoms with van der Waals surface area (Å²) in [5.41, 5.74) is 2.98. The number of carbonyl (C=O) groups excluding carboxylic acids is 1. The summed E-state index contributed by atoms with van der Waals surface area (Å²) in [6.07, 6.45) is 2.09. The van der Waals surface area contributed by atoms with Gasteiger partial charge in [0.05, 0.1) is 12.0 Å². The maximum absolute atomic E-state index is 12.6. The van der Waals surface area contributed by atoms with Gasteiger partial charge in [0.25, 0.3) is 0 Å². The van der Waals surface area contributed by atoms with Gasteiger partial charge >= 0.3 is 5.97 Å². The highest BCUT2D eigenvalue weighted by Crippen LogP contribution is 3.00. The lowest BCUT2D eigenvalue weighted by Crippen LogP contribution is -2.53. The highest BCUT2D eigenvalue weighted by atomic mass is 16.5. The first-order chi connectivity index (χ1) is 11.4. The van der Waals surface area contributed by atoms with Gasteiger partial charge in [-0.3, -0.25) is 4.79 Å². The number of cyclic esters (lactones) is 1. The van der Waals surface area contributed by atoms with Crippen LogP contribution in [-0.4, -0.2) is 17.7 Å². The van der Waals surface area contributed by atoms with E-state index in [0.717, 1.165) is 24.0 Å². The SMILES string of the molecule is CC(C)(C)c1cc(C23CC45COC(=O)C2(C4)C53)cc(C(C)(C)C)c1O. The first kappa shape index (κ1) is 15.7. The van der Waals surface area contributed by atoms with Gasteiger partial charge in [0.2, 0.25) is 0 Å². The zero-order chi connectivity index (χ0) is 18.2. The Labute approximate surface area is 149 Å². The van der Waals surface area contributed by atoms with E-state index in [1.165, 1.54) is 5.56 Å². The standard InChI is InChI=1S/C22H28O3/c1-18(2,3)13-7-12(8-14(15(13)23)19(4,5)6)21-9-20-10-22(21,16(20)21)17(24)25-11-20/h7-8,16,23H,9-11H2,1-6H3. The largest absolute Gasteiger partial charge is 0.507 e. The summed E-state index contributed by atoms with van der Waals surface area (Å²) in [7, 11) is 0. The topological polar surface area (TPSA) is 46.5 Å². The molecule has 25 heavy (non-hydrogen) atoms. The second-order valence-electron chi connectivity index (χ2n) is 11.1. The van der Waals surface area contributed by atoms with E-state index in [4.69, 9.17) is 4.74 Å². The minimum Gasteiger partial charge on any atom is -0.507 e. The molecule has 4 unspecified atom stereocenters. The molecule has 1 heterocycles. The normalized spacial score (nSPS) is 40.6. The minimum absolute atomic E-state index is 0.0196. The van der Waals surface area contributed by atoms with Crippen molar-refractivity contribution >= 4 is 5.97 Å². The number of rotatable bonds is 1. The van der Waals surface area contributed by atoms with Crippen molar-refractivity contribution < 1.29 is 14.6 Å². The van der Waals surface area contributed by atoms with Crippen molar-refractivity contribution in [1.82, 2.24) is 0 Å². The second-order valence-corrected chi connectivity index (χ2v) is 11.1. The van der Waals surface area contributed by atoms with Crippen molar-refractivity contribution in [3.63, 3.8) is 0 Å². The average molecular weight is 340 g/mol. The number of esters is 1. The predicted octanol–water partition coefficient (Wildman–Crippen LogP) is 4.19. The van der Waals surface area contributed by atoms with Crippen molar-refractivity contribution in [3.8, 4) is 5.75 Å². The van der Waals surface area contributed by atoms with Gasteiger partial charge in [0.15, 0.2) is 0 Å². The Kier molecular flexibility index (Phi) is 2.37. The van der Waals surface area contributed by atoms with Crippen LogP contribution in [0.5, 0.6) is 5.75 Å². The molecular weight excluding hydrogens is 312 g/mol. The molecule has 0 amide bonds. The molecule has 1 aromatic rings. The average Bonchev–Trinajstić information content (AvgIpc) is 2.75. The minimum atomic E-state index is -0.244. The molecule has 1 N–H and O–H groups in total. The number of carbonyl (C=O) groups is 1. The van der Waals surface area contributed by atoms with Gasteiger partial charge in [-0.25, -0.2) is 0 Å². The molecule has 3 aliphatic carbocycles. The number of aromatic hydroxyl groups is 1. The number of hydrogen-bond acceptors (Lipinski definition) is 3. The molecule has 4 aliphatic rings. The van der Waals surface area contributed by atoms with Crippen LogP contribution in [0.15, 0.2) is 12.1 Å². The van der Waals surface area contributed by atoms with Crippen molar-refractivity contribution in [2.45, 2.75) is 70.6 Å². The van der Waals surface area contributed by atoms with Gasteiger partial charge < -0.3 is 9.84 Å². The van der Waals surface area contributed by atoms with Crippen LogP contribution >= 0.6 is 0 Å². The van der Waals surface area contributed by atoms with E-state index in [-0.39, 0.29) is 33.0 Å². The molecule has 2 spiro atoms. The van der Waals surface area contributed by atoms with Crippen LogP contribution in [0.25, 0.3) is 0 Å². The first-order valence-electron chi connectivity index (χ1n) is 9.46. The molecule has 5 rings (SSSR count). The molecule has 1 aliphatic heterocycles. The van der Waals surface area contributed by atoms with Gasteiger partial charge in [-0.05, 0) is 46.3 Å². The highest BCUT2D eigenvalue weighted by molar-refractivity contribution is 5.93. The predicted molar refractivity (Wildman–Crippen MR) is 95.7 cm³/mol. The molecule has 1 saturated heterocycles. The Morgan fingerprint density at radius 2 is 1.52 bits per heavy atom. The Morgan fingerprint density at radius 3 is 2.00 bits per heavy atom. The fraction of sp³-hybridized carbons (Fsp3) is 0.682. The summed E-state index contributed by atoms with van der Waals surface area (Å²) in [5, 5.41) is 11.0. The molecule has 3 saturated carbocycles. The van der Waals surface area contributed by atoms with Gasteiger partial charge in [0.1, 0.15) is 5.75 Å². The summed E-state index contributed by atoms with van der Waals surface area (Å²) >= 11 is 0. The van der Waals surface area contributed by atoms with Gasteiger partial charge in [-0.15, -0.1) is 0 Å². The quantitative estimate of drug-likeness (QED) is 0.780. The summed E-state index contributed by atoms with van der Waals surface area (Å²) < 4.78 is 5.51. The molecule has 4 fully saturated rings. The highest BCUT2D eigenvalue weighted by Gasteiger charge is 3.03. The first-order valence-corrected chi connectivity index (χ1v) is 9.46. The summed E-state index contributed by atoms with van der Waals surface area (Å²) in [4.78, 5) is 12.6. The zero-order valence-corrected chi connectivity index (χ0v) is 16.1. The fourth-order valence-corrected chi connectivity index (χ4v) is 6.74. The lowest BCUT2D eigenvalue weighted by Gasteiger charge is -2.51. The third kappa shape index (κ3) is 1.42. The molecular formula is C22H28O3. The number of phenols is 1. The van der Waals surface area contributed by atoms with E-state index in [9.17, 15) is 9.90 Å². The lowest BCUT2D eigenvalue weighted by molar-refractivity contribution is -0.184. The number of benzene rings is 1. The van der Waals surface area contributed by atoms with Crippen LogP contribution in [0.2, 0.25) is 0 Å². The molecule has 4 atom stereocenters. The van der Waals surface area contributed by atoms with Crippen molar-refractivity contribution in [2.75, 3.05) is 6.61 Å². The maximum atomic E-state index is 12.6. The summed E-state index contributed by atoms with van der Waals surface area (Å²) in [6.45, 7) is 13.5. The zero-order valence-electron chi connectivity index (χ0n) is 16.1. The van der Waals surface area contributed by atoms with Crippen LogP contribution < -0.4 is 0 Å². The Hall–Kier alpha value is -1.51. The Morgan fingerprint density at radius 1 is 1.00 bits per heavy atom.